The van der Waals surface area contributed by atoms with Gasteiger partial charge in [-0.2, -0.15) is 0 Å². The molecule has 0 aliphatic carbocycles. The van der Waals surface area contributed by atoms with Crippen molar-refractivity contribution in [1.29, 1.82) is 0 Å². The van der Waals surface area contributed by atoms with E-state index in [0.717, 1.165) is 26.7 Å². The number of amides is 1. The summed E-state index contributed by atoms with van der Waals surface area (Å²) in [5, 5.41) is 0.891. The Hall–Kier alpha value is -2.16. The van der Waals surface area contributed by atoms with E-state index in [9.17, 15) is 13.2 Å². The van der Waals surface area contributed by atoms with Crippen molar-refractivity contribution in [3.8, 4) is 0 Å². The van der Waals surface area contributed by atoms with Gasteiger partial charge in [-0.3, -0.25) is 4.79 Å². The van der Waals surface area contributed by atoms with Crippen LogP contribution in [-0.4, -0.2) is 27.9 Å². The Morgan fingerprint density at radius 1 is 1.22 bits per heavy atom. The highest BCUT2D eigenvalue weighted by Crippen LogP contribution is 2.34. The predicted molar refractivity (Wildman–Crippen MR) is 107 cm³/mol. The number of furan rings is 1. The molecule has 1 N–H and O–H groups in total. The van der Waals surface area contributed by atoms with Gasteiger partial charge in [0.1, 0.15) is 5.58 Å². The number of hydrogen-bond acceptors (Lipinski definition) is 4. The van der Waals surface area contributed by atoms with E-state index in [4.69, 9.17) is 4.42 Å². The van der Waals surface area contributed by atoms with E-state index in [0.29, 0.717) is 24.3 Å². The number of nitrogens with one attached hydrogen (secondary N) is 1. The van der Waals surface area contributed by atoms with Crippen molar-refractivity contribution in [3.63, 3.8) is 0 Å². The summed E-state index contributed by atoms with van der Waals surface area (Å²) in [6.07, 6.45) is 0.596. The molecule has 27 heavy (non-hydrogen) atoms. The van der Waals surface area contributed by atoms with Crippen LogP contribution in [-0.2, 0) is 16.4 Å². The second-order valence-corrected chi connectivity index (χ2v) is 9.20. The molecule has 0 spiro atoms. The molecule has 0 radical (unpaired) electrons. The first-order valence-electron chi connectivity index (χ1n) is 8.39. The number of anilines is 1. The van der Waals surface area contributed by atoms with Crippen molar-refractivity contribution in [1.82, 2.24) is 4.72 Å². The summed E-state index contributed by atoms with van der Waals surface area (Å²) in [6.45, 7) is 2.35. The molecule has 3 aromatic rings. The van der Waals surface area contributed by atoms with Gasteiger partial charge in [-0.15, -0.1) is 0 Å². The first-order chi connectivity index (χ1) is 12.8. The normalized spacial score (nSPS) is 14.0. The Morgan fingerprint density at radius 2 is 2.00 bits per heavy atom. The Morgan fingerprint density at radius 3 is 2.74 bits per heavy atom. The highest BCUT2D eigenvalue weighted by atomic mass is 79.9. The molecule has 1 aliphatic rings. The summed E-state index contributed by atoms with van der Waals surface area (Å²) in [6, 6.07) is 10.4. The average molecular weight is 449 g/mol. The zero-order valence-corrected chi connectivity index (χ0v) is 17.1. The molecule has 0 fully saturated rings. The van der Waals surface area contributed by atoms with Crippen molar-refractivity contribution in [2.24, 2.45) is 0 Å². The summed E-state index contributed by atoms with van der Waals surface area (Å²) >= 11 is 3.44. The lowest BCUT2D eigenvalue weighted by Gasteiger charge is -2.16. The summed E-state index contributed by atoms with van der Waals surface area (Å²) in [4.78, 5) is 15.0. The third kappa shape index (κ3) is 2.97. The Labute approximate surface area is 165 Å². The van der Waals surface area contributed by atoms with E-state index < -0.39 is 10.0 Å². The zero-order chi connectivity index (χ0) is 19.3. The summed E-state index contributed by atoms with van der Waals surface area (Å²) in [7, 11) is -2.14. The number of nitrogens with zero attached hydrogens (tertiary/aromatic N) is 1. The standard InChI is InChI=1S/C19H17BrN2O4S/c1-11-15-10-13(20)3-6-17(15)26-18(11)19(23)22-8-7-12-9-14(4-5-16(12)22)27(24,25)21-2/h3-6,9-10,21H,7-8H2,1-2H3. The van der Waals surface area contributed by atoms with Gasteiger partial charge in [0.15, 0.2) is 5.76 Å². The maximum absolute atomic E-state index is 13.1. The number of aryl methyl sites for hydroxylation is 1. The molecule has 4 rings (SSSR count). The number of carbonyl (C=O) groups excluding carboxylic acids is 1. The van der Waals surface area contributed by atoms with Gasteiger partial charge < -0.3 is 9.32 Å². The van der Waals surface area contributed by atoms with Gasteiger partial charge in [0.2, 0.25) is 10.0 Å². The lowest BCUT2D eigenvalue weighted by molar-refractivity contribution is 0.0964. The van der Waals surface area contributed by atoms with Crippen LogP contribution in [0, 0.1) is 6.92 Å². The molecule has 1 amide bonds. The molecule has 0 atom stereocenters. The summed E-state index contributed by atoms with van der Waals surface area (Å²) in [5.74, 6) is 0.0886. The Bertz CT molecular complexity index is 1180. The van der Waals surface area contributed by atoms with Crippen LogP contribution >= 0.6 is 15.9 Å². The van der Waals surface area contributed by atoms with Gasteiger partial charge in [0.05, 0.1) is 4.90 Å². The van der Waals surface area contributed by atoms with Gasteiger partial charge in [-0.25, -0.2) is 13.1 Å². The SMILES string of the molecule is CNS(=O)(=O)c1ccc2c(c1)CCN2C(=O)c1oc2ccc(Br)cc2c1C. The third-order valence-corrected chi connectivity index (χ3v) is 6.77. The van der Waals surface area contributed by atoms with E-state index in [1.165, 1.54) is 13.1 Å². The number of halogens is 1. The number of hydrogen-bond donors (Lipinski definition) is 1. The van der Waals surface area contributed by atoms with Gasteiger partial charge >= 0.3 is 0 Å². The van der Waals surface area contributed by atoms with E-state index in [2.05, 4.69) is 20.7 Å². The average Bonchev–Trinajstić information content (AvgIpc) is 3.22. The minimum absolute atomic E-state index is 0.197. The van der Waals surface area contributed by atoms with E-state index in [1.54, 1.807) is 17.0 Å². The zero-order valence-electron chi connectivity index (χ0n) is 14.7. The lowest BCUT2D eigenvalue weighted by Crippen LogP contribution is -2.29. The van der Waals surface area contributed by atoms with Crippen molar-refractivity contribution < 1.29 is 17.6 Å². The maximum atomic E-state index is 13.1. The molecule has 6 nitrogen and oxygen atoms in total. The predicted octanol–water partition coefficient (Wildman–Crippen LogP) is 3.61. The molecule has 0 saturated heterocycles. The Kier molecular flexibility index (Phi) is 4.37. The lowest BCUT2D eigenvalue weighted by atomic mass is 10.1. The fraction of sp³-hybridized carbons (Fsp3) is 0.211. The van der Waals surface area contributed by atoms with Crippen molar-refractivity contribution >= 4 is 48.5 Å². The fourth-order valence-electron chi connectivity index (χ4n) is 3.39. The van der Waals surface area contributed by atoms with Gasteiger partial charge in [0.25, 0.3) is 5.91 Å². The highest BCUT2D eigenvalue weighted by molar-refractivity contribution is 9.10. The topological polar surface area (TPSA) is 79.6 Å². The number of rotatable bonds is 3. The molecule has 2 aromatic carbocycles. The van der Waals surface area contributed by atoms with E-state index in [-0.39, 0.29) is 10.8 Å². The number of fused-ring (bicyclic) bond motifs is 2. The smallest absolute Gasteiger partial charge is 0.294 e. The van der Waals surface area contributed by atoms with Crippen LogP contribution in [0.4, 0.5) is 5.69 Å². The number of sulfonamides is 1. The third-order valence-electron chi connectivity index (χ3n) is 4.86. The first kappa shape index (κ1) is 18.2. The quantitative estimate of drug-likeness (QED) is 0.663. The largest absolute Gasteiger partial charge is 0.451 e. The molecule has 0 unspecified atom stereocenters. The minimum Gasteiger partial charge on any atom is -0.451 e. The summed E-state index contributed by atoms with van der Waals surface area (Å²) in [5.41, 5.74) is 3.00. The Balaban J connectivity index is 1.73. The fourth-order valence-corrected chi connectivity index (χ4v) is 4.54. The maximum Gasteiger partial charge on any atom is 0.294 e. The molecule has 8 heteroatoms. The van der Waals surface area contributed by atoms with Crippen LogP contribution in [0.15, 0.2) is 50.2 Å². The molecular formula is C19H17BrN2O4S. The monoisotopic (exact) mass is 448 g/mol. The van der Waals surface area contributed by atoms with Crippen molar-refractivity contribution in [2.45, 2.75) is 18.2 Å². The summed E-state index contributed by atoms with van der Waals surface area (Å²) < 4.78 is 33.0. The van der Waals surface area contributed by atoms with Crippen LogP contribution in [0.5, 0.6) is 0 Å². The molecular weight excluding hydrogens is 432 g/mol. The first-order valence-corrected chi connectivity index (χ1v) is 10.7. The van der Waals surface area contributed by atoms with Gasteiger partial charge in [0, 0.05) is 27.7 Å². The van der Waals surface area contributed by atoms with Crippen LogP contribution in [0.2, 0.25) is 0 Å². The molecule has 1 aromatic heterocycles. The van der Waals surface area contributed by atoms with Crippen LogP contribution < -0.4 is 9.62 Å². The number of benzene rings is 2. The van der Waals surface area contributed by atoms with Crippen molar-refractivity contribution in [3.05, 3.63) is 57.8 Å². The minimum atomic E-state index is -3.51. The van der Waals surface area contributed by atoms with Crippen LogP contribution in [0.3, 0.4) is 0 Å². The molecule has 1 aliphatic heterocycles. The van der Waals surface area contributed by atoms with E-state index in [1.807, 2.05) is 25.1 Å². The van der Waals surface area contributed by atoms with Crippen LogP contribution in [0.1, 0.15) is 21.7 Å². The second kappa shape index (κ2) is 6.47. The second-order valence-electron chi connectivity index (χ2n) is 6.40. The van der Waals surface area contributed by atoms with E-state index >= 15 is 0 Å². The van der Waals surface area contributed by atoms with Crippen LogP contribution in [0.25, 0.3) is 11.0 Å². The highest BCUT2D eigenvalue weighted by Gasteiger charge is 2.30. The molecule has 140 valence electrons. The molecule has 0 saturated carbocycles. The van der Waals surface area contributed by atoms with Crippen molar-refractivity contribution in [2.75, 3.05) is 18.5 Å². The number of carbonyl (C=O) groups is 1. The van der Waals surface area contributed by atoms with Gasteiger partial charge in [-0.1, -0.05) is 15.9 Å². The molecule has 2 heterocycles. The molecule has 0 bridgehead atoms. The van der Waals surface area contributed by atoms with Gasteiger partial charge in [-0.05, 0) is 62.4 Å².